The van der Waals surface area contributed by atoms with Gasteiger partial charge in [-0.25, -0.2) is 12.7 Å². The van der Waals surface area contributed by atoms with Gasteiger partial charge in [-0.1, -0.05) is 26.3 Å². The fourth-order valence-electron chi connectivity index (χ4n) is 4.83. The van der Waals surface area contributed by atoms with E-state index in [1.165, 1.54) is 19.3 Å². The lowest BCUT2D eigenvalue weighted by molar-refractivity contribution is -0.131. The molecule has 3 saturated heterocycles. The van der Waals surface area contributed by atoms with Crippen molar-refractivity contribution in [2.75, 3.05) is 39.0 Å². The maximum absolute atomic E-state index is 12.7. The first-order valence-electron chi connectivity index (χ1n) is 9.91. The number of amides is 2. The third-order valence-electron chi connectivity index (χ3n) is 6.06. The van der Waals surface area contributed by atoms with Gasteiger partial charge in [0.2, 0.25) is 21.8 Å². The van der Waals surface area contributed by atoms with Gasteiger partial charge in [0.25, 0.3) is 0 Å². The van der Waals surface area contributed by atoms with E-state index in [0.717, 1.165) is 30.2 Å². The van der Waals surface area contributed by atoms with Gasteiger partial charge in [0.05, 0.1) is 12.3 Å². The average molecular weight is 398 g/mol. The Kier molecular flexibility index (Phi) is 5.96. The molecular weight excluding hydrogens is 366 g/mol. The van der Waals surface area contributed by atoms with E-state index < -0.39 is 16.1 Å². The molecule has 27 heavy (non-hydrogen) atoms. The van der Waals surface area contributed by atoms with E-state index in [4.69, 9.17) is 0 Å². The molecule has 0 unspecified atom stereocenters. The normalized spacial score (nSPS) is 29.9. The number of rotatable bonds is 5. The Morgan fingerprint density at radius 1 is 1.19 bits per heavy atom. The molecule has 3 heterocycles. The number of sulfonamides is 1. The molecule has 0 N–H and O–H groups in total. The van der Waals surface area contributed by atoms with Gasteiger partial charge in [-0.2, -0.15) is 0 Å². The summed E-state index contributed by atoms with van der Waals surface area (Å²) >= 11 is 0. The van der Waals surface area contributed by atoms with Crippen LogP contribution in [0.4, 0.5) is 0 Å². The van der Waals surface area contributed by atoms with Crippen molar-refractivity contribution < 1.29 is 18.0 Å². The van der Waals surface area contributed by atoms with Gasteiger partial charge in [-0.3, -0.25) is 14.5 Å². The van der Waals surface area contributed by atoms with Crippen LogP contribution in [0, 0.1) is 17.8 Å². The molecule has 2 amide bonds. The molecule has 0 aromatic heterocycles. The van der Waals surface area contributed by atoms with Crippen molar-refractivity contribution in [1.82, 2.24) is 14.1 Å². The fraction of sp³-hybridized carbons (Fsp3) is 0.789. The minimum atomic E-state index is -3.63. The van der Waals surface area contributed by atoms with Crippen molar-refractivity contribution in [2.45, 2.75) is 39.2 Å². The van der Waals surface area contributed by atoms with E-state index in [0.29, 0.717) is 13.1 Å². The monoisotopic (exact) mass is 397 g/mol. The minimum Gasteiger partial charge on any atom is -0.337 e. The molecule has 3 rings (SSSR count). The van der Waals surface area contributed by atoms with Gasteiger partial charge >= 0.3 is 0 Å². The molecule has 0 aliphatic carbocycles. The summed E-state index contributed by atoms with van der Waals surface area (Å²) in [5.74, 6) is -0.826. The van der Waals surface area contributed by atoms with Crippen molar-refractivity contribution in [3.8, 4) is 0 Å². The lowest BCUT2D eigenvalue weighted by atomic mass is 9.84. The summed E-state index contributed by atoms with van der Waals surface area (Å²) in [5.41, 5.74) is 0. The van der Waals surface area contributed by atoms with E-state index in [9.17, 15) is 18.0 Å². The lowest BCUT2D eigenvalue weighted by Gasteiger charge is -2.25. The van der Waals surface area contributed by atoms with E-state index in [2.05, 4.69) is 4.90 Å². The Labute approximate surface area is 162 Å². The van der Waals surface area contributed by atoms with Crippen LogP contribution in [0.15, 0.2) is 12.2 Å². The van der Waals surface area contributed by atoms with Gasteiger partial charge in [-0.05, 0) is 31.8 Å². The van der Waals surface area contributed by atoms with E-state index in [1.54, 1.807) is 11.0 Å². The van der Waals surface area contributed by atoms with Crippen molar-refractivity contribution in [2.24, 2.45) is 17.8 Å². The van der Waals surface area contributed by atoms with Crippen LogP contribution < -0.4 is 0 Å². The maximum Gasteiger partial charge on any atom is 0.246 e. The van der Waals surface area contributed by atoms with Crippen LogP contribution in [0.1, 0.15) is 33.1 Å². The summed E-state index contributed by atoms with van der Waals surface area (Å²) in [6.45, 7) is 7.54. The van der Waals surface area contributed by atoms with Gasteiger partial charge in [-0.15, -0.1) is 0 Å². The quantitative estimate of drug-likeness (QED) is 0.645. The van der Waals surface area contributed by atoms with Crippen molar-refractivity contribution in [3.05, 3.63) is 12.2 Å². The maximum atomic E-state index is 12.7. The summed E-state index contributed by atoms with van der Waals surface area (Å²) in [6.07, 6.45) is 8.29. The van der Waals surface area contributed by atoms with Crippen LogP contribution in [0.25, 0.3) is 0 Å². The largest absolute Gasteiger partial charge is 0.337 e. The standard InChI is InChI=1S/C19H31N3O4S/c1-14(2)18-15-12-21(13-16(15)22(19(18)24)27(3,25)26)17(23)8-7-11-20-9-5-4-6-10-20/h7-8,14-16,18H,4-6,9-13H2,1-3H3/b8-7+/t15-,16-,18+/m1/s1. The highest BCUT2D eigenvalue weighted by Gasteiger charge is 2.56. The predicted molar refractivity (Wildman–Crippen MR) is 103 cm³/mol. The molecular formula is C19H31N3O4S. The molecule has 8 heteroatoms. The van der Waals surface area contributed by atoms with Crippen LogP contribution in [0.3, 0.4) is 0 Å². The summed E-state index contributed by atoms with van der Waals surface area (Å²) in [4.78, 5) is 29.3. The van der Waals surface area contributed by atoms with Crippen molar-refractivity contribution in [1.29, 1.82) is 0 Å². The van der Waals surface area contributed by atoms with Crippen LogP contribution in [0.2, 0.25) is 0 Å². The molecule has 152 valence electrons. The number of piperidine rings is 1. The highest BCUT2D eigenvalue weighted by molar-refractivity contribution is 7.88. The Morgan fingerprint density at radius 2 is 1.85 bits per heavy atom. The number of likely N-dealkylation sites (tertiary alicyclic amines) is 2. The van der Waals surface area contributed by atoms with Crippen LogP contribution >= 0.6 is 0 Å². The second-order valence-corrected chi connectivity index (χ2v) is 10.3. The van der Waals surface area contributed by atoms with Gasteiger partial charge < -0.3 is 4.90 Å². The molecule has 3 aliphatic rings. The molecule has 0 aromatic carbocycles. The number of nitrogens with zero attached hydrogens (tertiary/aromatic N) is 3. The lowest BCUT2D eigenvalue weighted by Crippen LogP contribution is -2.43. The molecule has 3 atom stereocenters. The van der Waals surface area contributed by atoms with Crippen LogP contribution in [-0.2, 0) is 19.6 Å². The molecule has 0 bridgehead atoms. The minimum absolute atomic E-state index is 0.0430. The zero-order valence-electron chi connectivity index (χ0n) is 16.5. The van der Waals surface area contributed by atoms with Crippen molar-refractivity contribution >= 4 is 21.8 Å². The number of carbonyl (C=O) groups excluding carboxylic acids is 2. The Bertz CT molecular complexity index is 712. The Balaban J connectivity index is 1.66. The molecule has 0 aromatic rings. The number of carbonyl (C=O) groups is 2. The fourth-order valence-corrected chi connectivity index (χ4v) is 5.99. The van der Waals surface area contributed by atoms with E-state index in [1.807, 2.05) is 19.9 Å². The molecule has 0 spiro atoms. The van der Waals surface area contributed by atoms with Gasteiger partial charge in [0.15, 0.2) is 0 Å². The summed E-state index contributed by atoms with van der Waals surface area (Å²) in [7, 11) is -3.63. The van der Waals surface area contributed by atoms with E-state index >= 15 is 0 Å². The third kappa shape index (κ3) is 4.21. The number of hydrogen-bond donors (Lipinski definition) is 0. The molecule has 0 radical (unpaired) electrons. The first-order valence-corrected chi connectivity index (χ1v) is 11.8. The topological polar surface area (TPSA) is 78.0 Å². The Hall–Kier alpha value is -1.41. The second-order valence-electron chi connectivity index (χ2n) is 8.40. The molecule has 0 saturated carbocycles. The average Bonchev–Trinajstić information content (AvgIpc) is 3.10. The molecule has 3 fully saturated rings. The Morgan fingerprint density at radius 3 is 2.44 bits per heavy atom. The summed E-state index contributed by atoms with van der Waals surface area (Å²) in [6, 6.07) is -0.431. The molecule has 7 nitrogen and oxygen atoms in total. The first kappa shape index (κ1) is 20.3. The second kappa shape index (κ2) is 7.91. The highest BCUT2D eigenvalue weighted by Crippen LogP contribution is 2.41. The first-order chi connectivity index (χ1) is 12.7. The van der Waals surface area contributed by atoms with Gasteiger partial charge in [0, 0.05) is 37.5 Å². The molecule has 3 aliphatic heterocycles. The zero-order valence-corrected chi connectivity index (χ0v) is 17.3. The van der Waals surface area contributed by atoms with Crippen molar-refractivity contribution in [3.63, 3.8) is 0 Å². The summed E-state index contributed by atoms with van der Waals surface area (Å²) in [5, 5.41) is 0. The SMILES string of the molecule is CC(C)[C@@H]1C(=O)N(S(C)(=O)=O)[C@@H]2CN(C(=O)/C=C/CN3CCCCC3)C[C@H]21. The van der Waals surface area contributed by atoms with E-state index in [-0.39, 0.29) is 29.6 Å². The van der Waals surface area contributed by atoms with Crippen LogP contribution in [-0.4, -0.2) is 79.4 Å². The summed E-state index contributed by atoms with van der Waals surface area (Å²) < 4.78 is 25.4. The predicted octanol–water partition coefficient (Wildman–Crippen LogP) is 0.930. The highest BCUT2D eigenvalue weighted by atomic mass is 32.2. The number of fused-ring (bicyclic) bond motifs is 1. The van der Waals surface area contributed by atoms with Crippen LogP contribution in [0.5, 0.6) is 0 Å². The van der Waals surface area contributed by atoms with Gasteiger partial charge in [0.1, 0.15) is 0 Å². The smallest absolute Gasteiger partial charge is 0.246 e. The third-order valence-corrected chi connectivity index (χ3v) is 7.22. The number of hydrogen-bond acceptors (Lipinski definition) is 5. The zero-order chi connectivity index (χ0) is 19.8.